The minimum absolute atomic E-state index is 0.0698. The van der Waals surface area contributed by atoms with Gasteiger partial charge >= 0.3 is 12.0 Å². The number of rotatable bonds is 4. The van der Waals surface area contributed by atoms with E-state index in [9.17, 15) is 14.4 Å². The van der Waals surface area contributed by atoms with Gasteiger partial charge in [-0.25, -0.2) is 9.59 Å². The molecule has 0 aliphatic rings. The number of carboxylic acids is 1. The monoisotopic (exact) mass is 267 g/mol. The summed E-state index contributed by atoms with van der Waals surface area (Å²) in [5.41, 5.74) is 10.4. The lowest BCUT2D eigenvalue weighted by atomic mass is 10.2. The molecule has 0 bridgehead atoms. The zero-order chi connectivity index (χ0) is 14.6. The smallest absolute Gasteiger partial charge is 0.339 e. The number of ether oxygens (including phenoxy) is 1. The fraction of sp³-hybridized carbons (Fsp3) is 0.182. The third kappa shape index (κ3) is 3.87. The molecule has 0 saturated heterocycles. The van der Waals surface area contributed by atoms with Gasteiger partial charge in [0.2, 0.25) is 0 Å². The molecule has 19 heavy (non-hydrogen) atoms. The number of imide groups is 1. The second-order valence-electron chi connectivity index (χ2n) is 3.67. The molecule has 0 radical (unpaired) electrons. The first-order valence-electron chi connectivity index (χ1n) is 5.21. The molecular weight excluding hydrogens is 254 g/mol. The molecule has 0 heterocycles. The van der Waals surface area contributed by atoms with E-state index in [0.29, 0.717) is 0 Å². The molecule has 1 aromatic rings. The highest BCUT2D eigenvalue weighted by Crippen LogP contribution is 2.23. The van der Waals surface area contributed by atoms with Crippen molar-refractivity contribution in [2.24, 2.45) is 5.73 Å². The molecule has 0 aliphatic carbocycles. The van der Waals surface area contributed by atoms with Gasteiger partial charge in [0.05, 0.1) is 0 Å². The maximum atomic E-state index is 11.4. The molecule has 8 nitrogen and oxygen atoms in total. The van der Waals surface area contributed by atoms with Gasteiger partial charge in [-0.15, -0.1) is 0 Å². The molecule has 8 heteroatoms. The highest BCUT2D eigenvalue weighted by atomic mass is 16.5. The number of nitrogens with two attached hydrogens (primary N) is 2. The predicted octanol–water partition coefficient (Wildman–Crippen LogP) is -0.0708. The van der Waals surface area contributed by atoms with E-state index in [-0.39, 0.29) is 17.0 Å². The van der Waals surface area contributed by atoms with Crippen molar-refractivity contribution in [3.63, 3.8) is 0 Å². The van der Waals surface area contributed by atoms with Gasteiger partial charge in [0.1, 0.15) is 11.3 Å². The van der Waals surface area contributed by atoms with E-state index in [1.165, 1.54) is 25.1 Å². The van der Waals surface area contributed by atoms with Crippen molar-refractivity contribution < 1.29 is 24.2 Å². The summed E-state index contributed by atoms with van der Waals surface area (Å²) in [6.45, 7) is 1.34. The number of nitrogen functional groups attached to an aromatic ring is 1. The minimum Gasteiger partial charge on any atom is -0.480 e. The van der Waals surface area contributed by atoms with Gasteiger partial charge in [0.15, 0.2) is 6.10 Å². The standard InChI is InChI=1S/C11H13N3O5/c1-5(9(15)14-11(13)18)19-8-4-6(12)2-3-7(8)10(16)17/h2-5H,12H2,1H3,(H,16,17)(H3,13,14,15,18). The third-order valence-corrected chi connectivity index (χ3v) is 2.16. The van der Waals surface area contributed by atoms with Crippen LogP contribution in [0.4, 0.5) is 10.5 Å². The first-order valence-corrected chi connectivity index (χ1v) is 5.21. The van der Waals surface area contributed by atoms with E-state index < -0.39 is 24.0 Å². The van der Waals surface area contributed by atoms with Crippen LogP contribution in [0.3, 0.4) is 0 Å². The van der Waals surface area contributed by atoms with Crippen molar-refractivity contribution in [1.82, 2.24) is 5.32 Å². The summed E-state index contributed by atoms with van der Waals surface area (Å²) >= 11 is 0. The maximum Gasteiger partial charge on any atom is 0.339 e. The summed E-state index contributed by atoms with van der Waals surface area (Å²) in [6, 6.07) is 2.90. The van der Waals surface area contributed by atoms with Crippen molar-refractivity contribution in [2.75, 3.05) is 5.73 Å². The molecule has 0 saturated carbocycles. The summed E-state index contributed by atoms with van der Waals surface area (Å²) in [5, 5.41) is 10.8. The van der Waals surface area contributed by atoms with Gasteiger partial charge in [0.25, 0.3) is 5.91 Å². The van der Waals surface area contributed by atoms with Gasteiger partial charge in [-0.1, -0.05) is 0 Å². The predicted molar refractivity (Wildman–Crippen MR) is 65.6 cm³/mol. The molecule has 0 aromatic heterocycles. The van der Waals surface area contributed by atoms with E-state index >= 15 is 0 Å². The molecule has 1 atom stereocenters. The Morgan fingerprint density at radius 3 is 2.53 bits per heavy atom. The average molecular weight is 267 g/mol. The molecule has 1 rings (SSSR count). The summed E-state index contributed by atoms with van der Waals surface area (Å²) < 4.78 is 5.17. The Kier molecular flexibility index (Phi) is 4.30. The number of carbonyl (C=O) groups excluding carboxylic acids is 2. The number of nitrogens with one attached hydrogen (secondary N) is 1. The largest absolute Gasteiger partial charge is 0.480 e. The Bertz CT molecular complexity index is 529. The van der Waals surface area contributed by atoms with E-state index in [4.69, 9.17) is 21.3 Å². The van der Waals surface area contributed by atoms with Crippen LogP contribution in [0.2, 0.25) is 0 Å². The Morgan fingerprint density at radius 1 is 1.37 bits per heavy atom. The number of urea groups is 1. The van der Waals surface area contributed by atoms with Gasteiger partial charge in [-0.2, -0.15) is 0 Å². The lowest BCUT2D eigenvalue weighted by molar-refractivity contribution is -0.126. The first-order chi connectivity index (χ1) is 8.81. The first kappa shape index (κ1) is 14.3. The van der Waals surface area contributed by atoms with Gasteiger partial charge < -0.3 is 21.3 Å². The van der Waals surface area contributed by atoms with Gasteiger partial charge in [-0.3, -0.25) is 10.1 Å². The summed E-state index contributed by atoms with van der Waals surface area (Å²) in [4.78, 5) is 32.9. The third-order valence-electron chi connectivity index (χ3n) is 2.16. The number of primary amides is 1. The fourth-order valence-corrected chi connectivity index (χ4v) is 1.28. The number of anilines is 1. The van der Waals surface area contributed by atoms with Crippen LogP contribution < -0.4 is 21.5 Å². The zero-order valence-electron chi connectivity index (χ0n) is 10.0. The quantitative estimate of drug-likeness (QED) is 0.562. The number of amides is 3. The van der Waals surface area contributed by atoms with E-state index in [2.05, 4.69) is 0 Å². The Morgan fingerprint density at radius 2 is 2.00 bits per heavy atom. The summed E-state index contributed by atoms with van der Waals surface area (Å²) in [6.07, 6.45) is -1.10. The van der Waals surface area contributed by atoms with Crippen molar-refractivity contribution in [3.8, 4) is 5.75 Å². The van der Waals surface area contributed by atoms with Gasteiger partial charge in [0, 0.05) is 11.8 Å². The molecule has 3 amide bonds. The molecule has 102 valence electrons. The van der Waals surface area contributed by atoms with Crippen LogP contribution in [0.25, 0.3) is 0 Å². The van der Waals surface area contributed by atoms with Crippen LogP contribution in [0, 0.1) is 0 Å². The van der Waals surface area contributed by atoms with Crippen LogP contribution in [0.5, 0.6) is 5.75 Å². The Labute approximate surface area is 108 Å². The number of carbonyl (C=O) groups is 3. The second kappa shape index (κ2) is 5.71. The van der Waals surface area contributed by atoms with Crippen LogP contribution >= 0.6 is 0 Å². The molecule has 1 aromatic carbocycles. The molecule has 0 spiro atoms. The van der Waals surface area contributed by atoms with Crippen LogP contribution in [-0.2, 0) is 4.79 Å². The molecule has 1 unspecified atom stereocenters. The topological polar surface area (TPSA) is 145 Å². The van der Waals surface area contributed by atoms with Crippen molar-refractivity contribution >= 4 is 23.6 Å². The lowest BCUT2D eigenvalue weighted by Crippen LogP contribution is -2.42. The molecular formula is C11H13N3O5. The van der Waals surface area contributed by atoms with Crippen LogP contribution in [-0.4, -0.2) is 29.1 Å². The Balaban J connectivity index is 2.92. The minimum atomic E-state index is -1.22. The van der Waals surface area contributed by atoms with Crippen LogP contribution in [0.1, 0.15) is 17.3 Å². The number of benzene rings is 1. The van der Waals surface area contributed by atoms with Crippen molar-refractivity contribution in [3.05, 3.63) is 23.8 Å². The zero-order valence-corrected chi connectivity index (χ0v) is 10.0. The van der Waals surface area contributed by atoms with E-state index in [1.807, 2.05) is 5.32 Å². The SMILES string of the molecule is CC(Oc1cc(N)ccc1C(=O)O)C(=O)NC(N)=O. The summed E-state index contributed by atoms with van der Waals surface area (Å²) in [7, 11) is 0. The average Bonchev–Trinajstić information content (AvgIpc) is 2.27. The lowest BCUT2D eigenvalue weighted by Gasteiger charge is -2.15. The number of hydrogen-bond donors (Lipinski definition) is 4. The number of aromatic carboxylic acids is 1. The summed E-state index contributed by atoms with van der Waals surface area (Å²) in [5.74, 6) is -2.08. The number of hydrogen-bond acceptors (Lipinski definition) is 5. The van der Waals surface area contributed by atoms with E-state index in [1.54, 1.807) is 0 Å². The highest BCUT2D eigenvalue weighted by molar-refractivity contribution is 5.96. The molecule has 6 N–H and O–H groups in total. The van der Waals surface area contributed by atoms with Crippen LogP contribution in [0.15, 0.2) is 18.2 Å². The maximum absolute atomic E-state index is 11.4. The molecule has 0 fully saturated rings. The van der Waals surface area contributed by atoms with Gasteiger partial charge in [-0.05, 0) is 19.1 Å². The fourth-order valence-electron chi connectivity index (χ4n) is 1.28. The van der Waals surface area contributed by atoms with Crippen molar-refractivity contribution in [2.45, 2.75) is 13.0 Å². The number of carboxylic acid groups (broad SMARTS) is 1. The molecule has 0 aliphatic heterocycles. The normalized spacial score (nSPS) is 11.4. The van der Waals surface area contributed by atoms with E-state index in [0.717, 1.165) is 0 Å². The Hall–Kier alpha value is -2.77. The van der Waals surface area contributed by atoms with Crippen molar-refractivity contribution in [1.29, 1.82) is 0 Å². The highest BCUT2D eigenvalue weighted by Gasteiger charge is 2.19. The second-order valence-corrected chi connectivity index (χ2v) is 3.67.